The predicted octanol–water partition coefficient (Wildman–Crippen LogP) is 2.40. The van der Waals surface area contributed by atoms with Crippen LogP contribution in [0.2, 0.25) is 0 Å². The van der Waals surface area contributed by atoms with Crippen molar-refractivity contribution in [3.8, 4) is 5.75 Å². The molecule has 0 saturated carbocycles. The fourth-order valence-corrected chi connectivity index (χ4v) is 2.58. The van der Waals surface area contributed by atoms with Crippen LogP contribution in [0.5, 0.6) is 5.75 Å². The van der Waals surface area contributed by atoms with E-state index in [0.29, 0.717) is 48.8 Å². The minimum atomic E-state index is -0.459. The van der Waals surface area contributed by atoms with Gasteiger partial charge in [-0.05, 0) is 61.6 Å². The summed E-state index contributed by atoms with van der Waals surface area (Å²) in [6.07, 6.45) is 0.362. The van der Waals surface area contributed by atoms with Gasteiger partial charge in [0.15, 0.2) is 5.11 Å². The third-order valence-corrected chi connectivity index (χ3v) is 4.27. The van der Waals surface area contributed by atoms with E-state index >= 15 is 0 Å². The van der Waals surface area contributed by atoms with Crippen LogP contribution in [0.4, 0.5) is 5.69 Å². The van der Waals surface area contributed by atoms with Gasteiger partial charge in [0.1, 0.15) is 12.4 Å². The summed E-state index contributed by atoms with van der Waals surface area (Å²) in [7, 11) is 0. The lowest BCUT2D eigenvalue weighted by molar-refractivity contribution is -0.115. The molecule has 2 aromatic carbocycles. The van der Waals surface area contributed by atoms with Crippen LogP contribution in [-0.2, 0) is 9.53 Å². The fraction of sp³-hybridized carbons (Fsp3) is 0.273. The van der Waals surface area contributed by atoms with Crippen molar-refractivity contribution in [2.24, 2.45) is 0 Å². The Morgan fingerprint density at radius 3 is 2.34 bits per heavy atom. The molecule has 0 radical (unpaired) electrons. The number of amides is 3. The molecule has 0 aliphatic heterocycles. The van der Waals surface area contributed by atoms with Gasteiger partial charge in [-0.2, -0.15) is 0 Å². The Hall–Kier alpha value is -3.50. The summed E-state index contributed by atoms with van der Waals surface area (Å²) in [6, 6.07) is 13.0. The van der Waals surface area contributed by atoms with E-state index < -0.39 is 11.8 Å². The van der Waals surface area contributed by atoms with Gasteiger partial charge < -0.3 is 14.8 Å². The number of anilines is 1. The molecule has 170 valence electrons. The van der Waals surface area contributed by atoms with Crippen molar-refractivity contribution in [2.45, 2.75) is 20.3 Å². The van der Waals surface area contributed by atoms with E-state index in [9.17, 15) is 14.4 Å². The second-order valence-corrected chi connectivity index (χ2v) is 6.82. The largest absolute Gasteiger partial charge is 0.491 e. The molecule has 0 saturated heterocycles. The van der Waals surface area contributed by atoms with E-state index in [1.807, 2.05) is 6.92 Å². The summed E-state index contributed by atoms with van der Waals surface area (Å²) in [5.41, 5.74) is 6.17. The molecule has 0 atom stereocenters. The SMILES string of the molecule is CCOCCOc1cccc(C(=O)NC(=S)NNC(=O)c2ccc(NC(=O)CC)cc2)c1. The van der Waals surface area contributed by atoms with Crippen molar-refractivity contribution in [1.29, 1.82) is 0 Å². The monoisotopic (exact) mass is 458 g/mol. The number of nitrogens with one attached hydrogen (secondary N) is 4. The summed E-state index contributed by atoms with van der Waals surface area (Å²) in [4.78, 5) is 36.0. The van der Waals surface area contributed by atoms with Gasteiger partial charge in [-0.3, -0.25) is 30.6 Å². The summed E-state index contributed by atoms with van der Waals surface area (Å²) < 4.78 is 10.7. The van der Waals surface area contributed by atoms with Crippen LogP contribution in [-0.4, -0.2) is 42.7 Å². The zero-order chi connectivity index (χ0) is 23.3. The Labute approximate surface area is 191 Å². The smallest absolute Gasteiger partial charge is 0.269 e. The number of rotatable bonds is 9. The highest BCUT2D eigenvalue weighted by Gasteiger charge is 2.11. The summed E-state index contributed by atoms with van der Waals surface area (Å²) in [5, 5.41) is 5.11. The molecule has 0 heterocycles. The van der Waals surface area contributed by atoms with Crippen molar-refractivity contribution in [1.82, 2.24) is 16.2 Å². The van der Waals surface area contributed by atoms with Gasteiger partial charge >= 0.3 is 0 Å². The molecule has 0 spiro atoms. The Kier molecular flexibility index (Phi) is 10.1. The number of hydrogen-bond acceptors (Lipinski definition) is 6. The molecule has 0 unspecified atom stereocenters. The van der Waals surface area contributed by atoms with E-state index in [1.165, 1.54) is 0 Å². The third-order valence-electron chi connectivity index (χ3n) is 4.07. The summed E-state index contributed by atoms with van der Waals surface area (Å²) in [5.74, 6) is -0.502. The van der Waals surface area contributed by atoms with Crippen LogP contribution in [0.3, 0.4) is 0 Å². The van der Waals surface area contributed by atoms with Gasteiger partial charge in [0.05, 0.1) is 6.61 Å². The van der Waals surface area contributed by atoms with Gasteiger partial charge in [-0.15, -0.1) is 0 Å². The van der Waals surface area contributed by atoms with Crippen molar-refractivity contribution < 1.29 is 23.9 Å². The van der Waals surface area contributed by atoms with Gasteiger partial charge in [0.25, 0.3) is 11.8 Å². The number of thiocarbonyl (C=S) groups is 1. The van der Waals surface area contributed by atoms with E-state index in [0.717, 1.165) is 0 Å². The molecule has 9 nitrogen and oxygen atoms in total. The first-order valence-corrected chi connectivity index (χ1v) is 10.5. The first-order chi connectivity index (χ1) is 15.4. The van der Waals surface area contributed by atoms with E-state index in [2.05, 4.69) is 21.5 Å². The minimum Gasteiger partial charge on any atom is -0.491 e. The van der Waals surface area contributed by atoms with Gasteiger partial charge in [0, 0.05) is 29.8 Å². The van der Waals surface area contributed by atoms with Crippen molar-refractivity contribution in [2.75, 3.05) is 25.1 Å². The van der Waals surface area contributed by atoms with Crippen molar-refractivity contribution >= 4 is 40.7 Å². The highest BCUT2D eigenvalue weighted by atomic mass is 32.1. The van der Waals surface area contributed by atoms with Crippen LogP contribution in [0, 0.1) is 0 Å². The molecule has 2 rings (SSSR count). The number of carbonyl (C=O) groups excluding carboxylic acids is 3. The lowest BCUT2D eigenvalue weighted by Crippen LogP contribution is -2.48. The molecule has 0 fully saturated rings. The zero-order valence-corrected chi connectivity index (χ0v) is 18.7. The fourth-order valence-electron chi connectivity index (χ4n) is 2.44. The molecule has 0 aromatic heterocycles. The van der Waals surface area contributed by atoms with Gasteiger partial charge in [-0.25, -0.2) is 0 Å². The maximum atomic E-state index is 12.4. The topological polar surface area (TPSA) is 118 Å². The Balaban J connectivity index is 1.81. The quantitative estimate of drug-likeness (QED) is 0.259. The molecule has 10 heteroatoms. The van der Waals surface area contributed by atoms with Crippen molar-refractivity contribution in [3.63, 3.8) is 0 Å². The molecule has 3 amide bonds. The summed E-state index contributed by atoms with van der Waals surface area (Å²) >= 11 is 5.06. The average Bonchev–Trinajstić information content (AvgIpc) is 2.81. The van der Waals surface area contributed by atoms with E-state index in [1.54, 1.807) is 55.5 Å². The van der Waals surface area contributed by atoms with Crippen LogP contribution in [0.15, 0.2) is 48.5 Å². The normalized spacial score (nSPS) is 10.1. The number of carbonyl (C=O) groups is 3. The Morgan fingerprint density at radius 2 is 1.66 bits per heavy atom. The standard InChI is InChI=1S/C22H26N4O5S/c1-3-19(27)23-17-10-8-15(9-11-17)21(29)25-26-22(32)24-20(28)16-6-5-7-18(14-16)31-13-12-30-4-2/h5-11,14H,3-4,12-13H2,1-2H3,(H,23,27)(H,25,29)(H2,24,26,28,32). The molecule has 4 N–H and O–H groups in total. The highest BCUT2D eigenvalue weighted by Crippen LogP contribution is 2.13. The molecule has 2 aromatic rings. The van der Waals surface area contributed by atoms with Crippen LogP contribution < -0.4 is 26.2 Å². The first kappa shape index (κ1) is 24.8. The lowest BCUT2D eigenvalue weighted by atomic mass is 10.2. The molecular formula is C22H26N4O5S. The van der Waals surface area contributed by atoms with E-state index in [4.69, 9.17) is 21.7 Å². The second-order valence-electron chi connectivity index (χ2n) is 6.41. The predicted molar refractivity (Wildman–Crippen MR) is 124 cm³/mol. The van der Waals surface area contributed by atoms with Gasteiger partial charge in [-0.1, -0.05) is 13.0 Å². The van der Waals surface area contributed by atoms with Crippen LogP contribution in [0.25, 0.3) is 0 Å². The lowest BCUT2D eigenvalue weighted by Gasteiger charge is -2.12. The molecule has 32 heavy (non-hydrogen) atoms. The Morgan fingerprint density at radius 1 is 0.906 bits per heavy atom. The average molecular weight is 459 g/mol. The van der Waals surface area contributed by atoms with E-state index in [-0.39, 0.29) is 11.0 Å². The summed E-state index contributed by atoms with van der Waals surface area (Å²) in [6.45, 7) is 5.08. The molecular weight excluding hydrogens is 432 g/mol. The van der Waals surface area contributed by atoms with Crippen LogP contribution >= 0.6 is 12.2 Å². The molecule has 0 bridgehead atoms. The number of hydrazine groups is 1. The maximum absolute atomic E-state index is 12.4. The molecule has 0 aliphatic carbocycles. The number of hydrogen-bond donors (Lipinski definition) is 4. The van der Waals surface area contributed by atoms with Crippen LogP contribution in [0.1, 0.15) is 41.0 Å². The zero-order valence-electron chi connectivity index (χ0n) is 17.9. The van der Waals surface area contributed by atoms with Gasteiger partial charge in [0.2, 0.25) is 5.91 Å². The minimum absolute atomic E-state index is 0.0714. The van der Waals surface area contributed by atoms with Crippen molar-refractivity contribution in [3.05, 3.63) is 59.7 Å². The first-order valence-electron chi connectivity index (χ1n) is 10.0. The second kappa shape index (κ2) is 13.0. The number of ether oxygens (including phenoxy) is 2. The highest BCUT2D eigenvalue weighted by molar-refractivity contribution is 7.80. The molecule has 0 aliphatic rings. The number of benzene rings is 2. The third kappa shape index (κ3) is 8.32. The Bertz CT molecular complexity index is 950. The maximum Gasteiger partial charge on any atom is 0.269 e.